The molecule has 0 saturated heterocycles. The minimum absolute atomic E-state index is 0.294. The van der Waals surface area contributed by atoms with Crippen LogP contribution < -0.4 is 21.7 Å². The first kappa shape index (κ1) is 30.2. The van der Waals surface area contributed by atoms with Crippen LogP contribution in [0.3, 0.4) is 0 Å². The van der Waals surface area contributed by atoms with Crippen molar-refractivity contribution >= 4 is 41.6 Å². The van der Waals surface area contributed by atoms with Crippen molar-refractivity contribution in [3.05, 3.63) is 0 Å². The highest BCUT2D eigenvalue weighted by atomic mass is 16.4. The molecule has 192 valence electrons. The smallest absolute Gasteiger partial charge is 0.326 e. The molecular weight excluding hydrogens is 460 g/mol. The fraction of sp³-hybridized carbons (Fsp3) is 0.632. The van der Waals surface area contributed by atoms with Crippen LogP contribution in [0.4, 0.5) is 0 Å². The minimum atomic E-state index is -1.73. The van der Waals surface area contributed by atoms with Gasteiger partial charge >= 0.3 is 23.9 Å². The standard InChI is InChI=1S/C19H30N4O11/c1-8(2)15(19(33)34)23-17(31)10(4-6-13(26)27)21-18(32)11(7-14(28)29)22-16(30)9(20)3-5-12(24)25/h8-11,15H,3-7,20H2,1-2H3,(H,21,32)(H,22,30)(H,23,31)(H,24,25)(H,26,27)(H,28,29)(H,33,34). The average Bonchev–Trinajstić information content (AvgIpc) is 2.70. The van der Waals surface area contributed by atoms with Gasteiger partial charge in [-0.1, -0.05) is 13.8 Å². The Morgan fingerprint density at radius 1 is 0.676 bits per heavy atom. The van der Waals surface area contributed by atoms with E-state index in [0.717, 1.165) is 0 Å². The van der Waals surface area contributed by atoms with Gasteiger partial charge in [0.25, 0.3) is 0 Å². The maximum atomic E-state index is 12.6. The van der Waals surface area contributed by atoms with Crippen LogP contribution in [0, 0.1) is 5.92 Å². The number of amides is 3. The molecule has 9 N–H and O–H groups in total. The summed E-state index contributed by atoms with van der Waals surface area (Å²) in [4.78, 5) is 81.4. The van der Waals surface area contributed by atoms with Crippen molar-refractivity contribution in [2.75, 3.05) is 0 Å². The first-order chi connectivity index (χ1) is 15.6. The number of carboxylic acids is 4. The molecule has 4 unspecified atom stereocenters. The van der Waals surface area contributed by atoms with E-state index in [-0.39, 0.29) is 6.42 Å². The van der Waals surface area contributed by atoms with Gasteiger partial charge in [-0.05, 0) is 18.8 Å². The SMILES string of the molecule is CC(C)C(NC(=O)C(CCC(=O)O)NC(=O)C(CC(=O)O)NC(=O)C(N)CCC(=O)O)C(=O)O. The van der Waals surface area contributed by atoms with Gasteiger partial charge in [-0.25, -0.2) is 4.79 Å². The molecule has 0 fully saturated rings. The van der Waals surface area contributed by atoms with E-state index in [0.29, 0.717) is 0 Å². The Hall–Kier alpha value is -3.75. The largest absolute Gasteiger partial charge is 0.481 e. The van der Waals surface area contributed by atoms with Crippen molar-refractivity contribution in [1.82, 2.24) is 16.0 Å². The Labute approximate surface area is 194 Å². The van der Waals surface area contributed by atoms with Crippen molar-refractivity contribution in [2.45, 2.75) is 70.1 Å². The zero-order chi connectivity index (χ0) is 26.6. The molecule has 15 heteroatoms. The van der Waals surface area contributed by atoms with Crippen LogP contribution in [-0.4, -0.2) is 86.2 Å². The topological polar surface area (TPSA) is 263 Å². The Morgan fingerprint density at radius 2 is 1.15 bits per heavy atom. The number of carbonyl (C=O) groups is 7. The highest BCUT2D eigenvalue weighted by Gasteiger charge is 2.32. The molecule has 3 amide bonds. The lowest BCUT2D eigenvalue weighted by Crippen LogP contribution is -2.58. The van der Waals surface area contributed by atoms with E-state index in [1.54, 1.807) is 0 Å². The summed E-state index contributed by atoms with van der Waals surface area (Å²) in [6.45, 7) is 3.02. The van der Waals surface area contributed by atoms with Crippen LogP contribution >= 0.6 is 0 Å². The molecule has 0 aromatic heterocycles. The lowest BCUT2D eigenvalue weighted by atomic mass is 10.0. The number of hydrogen-bond acceptors (Lipinski definition) is 8. The fourth-order valence-electron chi connectivity index (χ4n) is 2.65. The number of carboxylic acid groups (broad SMARTS) is 4. The molecule has 0 heterocycles. The molecule has 0 spiro atoms. The molecule has 0 aliphatic heterocycles. The summed E-state index contributed by atoms with van der Waals surface area (Å²) >= 11 is 0. The maximum absolute atomic E-state index is 12.6. The van der Waals surface area contributed by atoms with Gasteiger partial charge in [0.15, 0.2) is 0 Å². The van der Waals surface area contributed by atoms with Crippen LogP contribution in [0.15, 0.2) is 0 Å². The Kier molecular flexibility index (Phi) is 12.8. The normalized spacial score (nSPS) is 14.2. The highest BCUT2D eigenvalue weighted by Crippen LogP contribution is 2.06. The van der Waals surface area contributed by atoms with Crippen molar-refractivity contribution in [1.29, 1.82) is 0 Å². The Balaban J connectivity index is 5.56. The van der Waals surface area contributed by atoms with Crippen LogP contribution in [0.1, 0.15) is 46.0 Å². The summed E-state index contributed by atoms with van der Waals surface area (Å²) in [6.07, 6.45) is -2.72. The first-order valence-electron chi connectivity index (χ1n) is 10.2. The Bertz CT molecular complexity index is 799. The number of rotatable bonds is 16. The summed E-state index contributed by atoms with van der Waals surface area (Å²) < 4.78 is 0. The van der Waals surface area contributed by atoms with Crippen molar-refractivity contribution in [3.8, 4) is 0 Å². The van der Waals surface area contributed by atoms with E-state index in [2.05, 4.69) is 16.0 Å². The van der Waals surface area contributed by atoms with Gasteiger partial charge < -0.3 is 42.1 Å². The van der Waals surface area contributed by atoms with Gasteiger partial charge in [-0.2, -0.15) is 0 Å². The Morgan fingerprint density at radius 3 is 1.59 bits per heavy atom. The second kappa shape index (κ2) is 14.4. The summed E-state index contributed by atoms with van der Waals surface area (Å²) in [5.41, 5.74) is 5.55. The summed E-state index contributed by atoms with van der Waals surface area (Å²) in [6, 6.07) is -6.01. The molecule has 0 aliphatic rings. The van der Waals surface area contributed by atoms with Crippen LogP contribution in [0.25, 0.3) is 0 Å². The second-order valence-electron chi connectivity index (χ2n) is 7.76. The second-order valence-corrected chi connectivity index (χ2v) is 7.76. The van der Waals surface area contributed by atoms with Gasteiger partial charge in [0.1, 0.15) is 18.1 Å². The minimum Gasteiger partial charge on any atom is -0.481 e. The van der Waals surface area contributed by atoms with E-state index in [4.69, 9.17) is 21.1 Å². The van der Waals surface area contributed by atoms with Gasteiger partial charge in [0.2, 0.25) is 17.7 Å². The molecule has 0 aromatic rings. The molecule has 4 atom stereocenters. The van der Waals surface area contributed by atoms with Gasteiger partial charge in [0, 0.05) is 12.8 Å². The van der Waals surface area contributed by atoms with E-state index in [1.807, 2.05) is 0 Å². The average molecular weight is 490 g/mol. The van der Waals surface area contributed by atoms with E-state index in [1.165, 1.54) is 13.8 Å². The monoisotopic (exact) mass is 490 g/mol. The van der Waals surface area contributed by atoms with Crippen LogP contribution in [-0.2, 0) is 33.6 Å². The van der Waals surface area contributed by atoms with Crippen molar-refractivity contribution < 1.29 is 54.0 Å². The van der Waals surface area contributed by atoms with Gasteiger partial charge in [-0.3, -0.25) is 28.8 Å². The molecule has 0 rings (SSSR count). The number of nitrogens with one attached hydrogen (secondary N) is 3. The quantitative estimate of drug-likeness (QED) is 0.114. The zero-order valence-corrected chi connectivity index (χ0v) is 18.6. The molecule has 0 saturated carbocycles. The molecule has 34 heavy (non-hydrogen) atoms. The predicted octanol–water partition coefficient (Wildman–Crippen LogP) is -2.29. The number of carbonyl (C=O) groups excluding carboxylic acids is 3. The maximum Gasteiger partial charge on any atom is 0.326 e. The van der Waals surface area contributed by atoms with Gasteiger partial charge in [0.05, 0.1) is 12.5 Å². The third kappa shape index (κ3) is 11.8. The molecule has 0 bridgehead atoms. The van der Waals surface area contributed by atoms with E-state index < -0.39 is 97.4 Å². The number of aliphatic carboxylic acids is 4. The molecule has 0 aromatic carbocycles. The number of hydrogen-bond donors (Lipinski definition) is 8. The molecule has 0 radical (unpaired) electrons. The predicted molar refractivity (Wildman–Crippen MR) is 112 cm³/mol. The lowest BCUT2D eigenvalue weighted by Gasteiger charge is -2.25. The van der Waals surface area contributed by atoms with E-state index in [9.17, 15) is 38.7 Å². The fourth-order valence-corrected chi connectivity index (χ4v) is 2.65. The van der Waals surface area contributed by atoms with Crippen LogP contribution in [0.5, 0.6) is 0 Å². The lowest BCUT2D eigenvalue weighted by molar-refractivity contribution is -0.144. The summed E-state index contributed by atoms with van der Waals surface area (Å²) in [5, 5.41) is 42.2. The first-order valence-corrected chi connectivity index (χ1v) is 10.2. The molecule has 15 nitrogen and oxygen atoms in total. The third-order valence-corrected chi connectivity index (χ3v) is 4.53. The summed E-state index contributed by atoms with van der Waals surface area (Å²) in [7, 11) is 0. The van der Waals surface area contributed by atoms with Crippen LogP contribution in [0.2, 0.25) is 0 Å². The number of nitrogens with two attached hydrogens (primary N) is 1. The van der Waals surface area contributed by atoms with Crippen molar-refractivity contribution in [3.63, 3.8) is 0 Å². The van der Waals surface area contributed by atoms with Crippen molar-refractivity contribution in [2.24, 2.45) is 11.7 Å². The summed E-state index contributed by atoms with van der Waals surface area (Å²) in [5.74, 6) is -9.15. The molecular formula is C19H30N4O11. The third-order valence-electron chi connectivity index (χ3n) is 4.53. The highest BCUT2D eigenvalue weighted by molar-refractivity contribution is 5.95. The van der Waals surface area contributed by atoms with Gasteiger partial charge in [-0.15, -0.1) is 0 Å². The zero-order valence-electron chi connectivity index (χ0n) is 18.6. The molecule has 0 aliphatic carbocycles. The van der Waals surface area contributed by atoms with E-state index >= 15 is 0 Å².